The lowest BCUT2D eigenvalue weighted by Gasteiger charge is -1.99. The number of carbonyl (C=O) groups is 1. The van der Waals surface area contributed by atoms with Crippen LogP contribution < -0.4 is 0 Å². The third-order valence-electron chi connectivity index (χ3n) is 1.50. The first kappa shape index (κ1) is 6.46. The third kappa shape index (κ3) is 1.37. The number of rotatable bonds is 1. The molecule has 0 N–H and O–H groups in total. The van der Waals surface area contributed by atoms with Crippen LogP contribution >= 0.6 is 0 Å². The number of aliphatic imine (C=N–C) groups is 1. The Balaban J connectivity index is 2.55. The summed E-state index contributed by atoms with van der Waals surface area (Å²) < 4.78 is 0. The van der Waals surface area contributed by atoms with Gasteiger partial charge in [0.25, 0.3) is 0 Å². The van der Waals surface area contributed by atoms with Gasteiger partial charge in [0, 0.05) is 12.1 Å². The predicted molar refractivity (Wildman–Crippen MR) is 36.8 cm³/mol. The van der Waals surface area contributed by atoms with Crippen molar-refractivity contribution in [2.45, 2.75) is 20.3 Å². The quantitative estimate of drug-likeness (QED) is 0.515. The SMILES string of the molecule is CC(C)C1=NCC(=O)C1. The van der Waals surface area contributed by atoms with E-state index in [0.717, 1.165) is 5.71 Å². The van der Waals surface area contributed by atoms with Gasteiger partial charge in [-0.2, -0.15) is 0 Å². The third-order valence-corrected chi connectivity index (χ3v) is 1.50. The molecule has 9 heavy (non-hydrogen) atoms. The maximum Gasteiger partial charge on any atom is 0.159 e. The van der Waals surface area contributed by atoms with E-state index in [-0.39, 0.29) is 5.78 Å². The van der Waals surface area contributed by atoms with E-state index >= 15 is 0 Å². The number of Topliss-reactive ketones (excluding diaryl/α,β-unsaturated/α-hetero) is 1. The minimum absolute atomic E-state index is 0.263. The molecule has 0 spiro atoms. The van der Waals surface area contributed by atoms with Gasteiger partial charge in [-0.25, -0.2) is 0 Å². The smallest absolute Gasteiger partial charge is 0.159 e. The molecule has 2 nitrogen and oxygen atoms in total. The van der Waals surface area contributed by atoms with Crippen LogP contribution in [0.3, 0.4) is 0 Å². The highest BCUT2D eigenvalue weighted by Crippen LogP contribution is 2.08. The highest BCUT2D eigenvalue weighted by atomic mass is 16.1. The summed E-state index contributed by atoms with van der Waals surface area (Å²) in [5.41, 5.74) is 1.07. The molecule has 0 unspecified atom stereocenters. The highest BCUT2D eigenvalue weighted by molar-refractivity contribution is 6.08. The minimum atomic E-state index is 0.263. The predicted octanol–water partition coefficient (Wildman–Crippen LogP) is 1.06. The fraction of sp³-hybridized carbons (Fsp3) is 0.714. The van der Waals surface area contributed by atoms with E-state index in [1.54, 1.807) is 0 Å². The molecule has 1 heterocycles. The Bertz CT molecular complexity index is 158. The van der Waals surface area contributed by atoms with Crippen LogP contribution in [0.5, 0.6) is 0 Å². The lowest BCUT2D eigenvalue weighted by atomic mass is 10.1. The number of carbonyl (C=O) groups excluding carboxylic acids is 1. The zero-order chi connectivity index (χ0) is 6.85. The molecular formula is C7H11NO. The van der Waals surface area contributed by atoms with Crippen LogP contribution in [0, 0.1) is 5.92 Å². The average Bonchev–Trinajstić information content (AvgIpc) is 2.14. The lowest BCUT2D eigenvalue weighted by molar-refractivity contribution is -0.116. The summed E-state index contributed by atoms with van der Waals surface area (Å²) in [4.78, 5) is 14.7. The Morgan fingerprint density at radius 1 is 1.56 bits per heavy atom. The molecule has 1 aliphatic heterocycles. The largest absolute Gasteiger partial charge is 0.297 e. The fourth-order valence-electron chi connectivity index (χ4n) is 0.890. The van der Waals surface area contributed by atoms with Gasteiger partial charge >= 0.3 is 0 Å². The summed E-state index contributed by atoms with van der Waals surface area (Å²) in [6, 6.07) is 0. The molecular weight excluding hydrogens is 114 g/mol. The van der Waals surface area contributed by atoms with E-state index in [2.05, 4.69) is 18.8 Å². The maximum atomic E-state index is 10.6. The first-order chi connectivity index (χ1) is 4.20. The van der Waals surface area contributed by atoms with Crippen LogP contribution in [0.4, 0.5) is 0 Å². The Hall–Kier alpha value is -0.660. The molecule has 0 aliphatic carbocycles. The van der Waals surface area contributed by atoms with Crippen LogP contribution in [-0.4, -0.2) is 18.0 Å². The Labute approximate surface area is 55.0 Å². The van der Waals surface area contributed by atoms with Gasteiger partial charge in [-0.1, -0.05) is 13.8 Å². The molecule has 0 bridgehead atoms. The second-order valence-corrected chi connectivity index (χ2v) is 2.68. The van der Waals surface area contributed by atoms with Gasteiger partial charge in [0.15, 0.2) is 5.78 Å². The van der Waals surface area contributed by atoms with Gasteiger partial charge in [0.2, 0.25) is 0 Å². The van der Waals surface area contributed by atoms with Crippen molar-refractivity contribution in [1.29, 1.82) is 0 Å². The molecule has 0 saturated carbocycles. The van der Waals surface area contributed by atoms with Gasteiger partial charge in [-0.15, -0.1) is 0 Å². The molecule has 1 rings (SSSR count). The van der Waals surface area contributed by atoms with Gasteiger partial charge < -0.3 is 0 Å². The second-order valence-electron chi connectivity index (χ2n) is 2.68. The van der Waals surface area contributed by atoms with E-state index in [1.165, 1.54) is 0 Å². The van der Waals surface area contributed by atoms with Crippen molar-refractivity contribution >= 4 is 11.5 Å². The van der Waals surface area contributed by atoms with Crippen molar-refractivity contribution in [2.24, 2.45) is 10.9 Å². The minimum Gasteiger partial charge on any atom is -0.297 e. The summed E-state index contributed by atoms with van der Waals surface area (Å²) in [7, 11) is 0. The van der Waals surface area contributed by atoms with Crippen LogP contribution in [0.15, 0.2) is 4.99 Å². The first-order valence-corrected chi connectivity index (χ1v) is 3.25. The normalized spacial score (nSPS) is 19.0. The Kier molecular flexibility index (Phi) is 1.65. The van der Waals surface area contributed by atoms with Crippen molar-refractivity contribution in [2.75, 3.05) is 6.54 Å². The van der Waals surface area contributed by atoms with Gasteiger partial charge in [0.1, 0.15) is 0 Å². The monoisotopic (exact) mass is 125 g/mol. The van der Waals surface area contributed by atoms with Gasteiger partial charge in [-0.05, 0) is 5.92 Å². The van der Waals surface area contributed by atoms with Crippen LogP contribution in [-0.2, 0) is 4.79 Å². The molecule has 50 valence electrons. The van der Waals surface area contributed by atoms with Gasteiger partial charge in [0.05, 0.1) is 6.54 Å². The molecule has 0 aromatic rings. The highest BCUT2D eigenvalue weighted by Gasteiger charge is 2.16. The molecule has 2 heteroatoms. The van der Waals surface area contributed by atoms with E-state index in [0.29, 0.717) is 18.9 Å². The van der Waals surface area contributed by atoms with Crippen molar-refractivity contribution < 1.29 is 4.79 Å². The van der Waals surface area contributed by atoms with E-state index in [1.807, 2.05) is 0 Å². The summed E-state index contributed by atoms with van der Waals surface area (Å²) in [5, 5.41) is 0. The summed E-state index contributed by atoms with van der Waals surface area (Å²) in [5.74, 6) is 0.718. The summed E-state index contributed by atoms with van der Waals surface area (Å²) >= 11 is 0. The molecule has 0 aromatic carbocycles. The molecule has 0 radical (unpaired) electrons. The van der Waals surface area contributed by atoms with Crippen LogP contribution in [0.1, 0.15) is 20.3 Å². The molecule has 0 saturated heterocycles. The fourth-order valence-corrected chi connectivity index (χ4v) is 0.890. The molecule has 1 aliphatic rings. The number of hydrogen-bond donors (Lipinski definition) is 0. The molecule has 0 atom stereocenters. The average molecular weight is 125 g/mol. The van der Waals surface area contributed by atoms with E-state index < -0.39 is 0 Å². The lowest BCUT2D eigenvalue weighted by Crippen LogP contribution is -2.05. The van der Waals surface area contributed by atoms with Crippen molar-refractivity contribution in [3.63, 3.8) is 0 Å². The summed E-state index contributed by atoms with van der Waals surface area (Å²) in [6.07, 6.45) is 0.595. The molecule has 0 aromatic heterocycles. The second kappa shape index (κ2) is 2.29. The van der Waals surface area contributed by atoms with E-state index in [9.17, 15) is 4.79 Å². The van der Waals surface area contributed by atoms with Crippen LogP contribution in [0.2, 0.25) is 0 Å². The van der Waals surface area contributed by atoms with Gasteiger partial charge in [-0.3, -0.25) is 9.79 Å². The first-order valence-electron chi connectivity index (χ1n) is 3.25. The Morgan fingerprint density at radius 3 is 2.44 bits per heavy atom. The number of hydrogen-bond acceptors (Lipinski definition) is 2. The van der Waals surface area contributed by atoms with E-state index in [4.69, 9.17) is 0 Å². The molecule has 0 amide bonds. The van der Waals surface area contributed by atoms with Crippen molar-refractivity contribution in [1.82, 2.24) is 0 Å². The maximum absolute atomic E-state index is 10.6. The zero-order valence-electron chi connectivity index (χ0n) is 5.85. The number of ketones is 1. The van der Waals surface area contributed by atoms with Crippen molar-refractivity contribution in [3.8, 4) is 0 Å². The summed E-state index contributed by atoms with van der Waals surface area (Å²) in [6.45, 7) is 4.56. The zero-order valence-corrected chi connectivity index (χ0v) is 5.85. The molecule has 0 fully saturated rings. The number of nitrogens with zero attached hydrogens (tertiary/aromatic N) is 1. The standard InChI is InChI=1S/C7H11NO/c1-5(2)7-3-6(9)4-8-7/h5H,3-4H2,1-2H3. The Morgan fingerprint density at radius 2 is 2.22 bits per heavy atom. The van der Waals surface area contributed by atoms with Crippen LogP contribution in [0.25, 0.3) is 0 Å². The van der Waals surface area contributed by atoms with Crippen molar-refractivity contribution in [3.05, 3.63) is 0 Å². The topological polar surface area (TPSA) is 29.4 Å².